The first-order chi connectivity index (χ1) is 11.3. The highest BCUT2D eigenvalue weighted by atomic mass is 32.2. The topological polar surface area (TPSA) is 104 Å². The third kappa shape index (κ3) is 3.22. The fourth-order valence-corrected chi connectivity index (χ4v) is 2.87. The van der Waals surface area contributed by atoms with Crippen LogP contribution in [0, 0.1) is 0 Å². The maximum absolute atomic E-state index is 12.1. The Morgan fingerprint density at radius 2 is 1.67 bits per heavy atom. The number of aromatic hydroxyl groups is 1. The smallest absolute Gasteiger partial charge is 0.294 e. The summed E-state index contributed by atoms with van der Waals surface area (Å²) in [5.74, 6) is -0.611. The van der Waals surface area contributed by atoms with Gasteiger partial charge in [-0.3, -0.25) is 9.35 Å². The van der Waals surface area contributed by atoms with E-state index < -0.39 is 15.0 Å². The van der Waals surface area contributed by atoms with Crippen molar-refractivity contribution in [2.75, 3.05) is 5.32 Å². The highest BCUT2D eigenvalue weighted by Crippen LogP contribution is 2.31. The molecule has 0 saturated carbocycles. The summed E-state index contributed by atoms with van der Waals surface area (Å²) in [5, 5.41) is 13.5. The molecule has 3 N–H and O–H groups in total. The molecule has 0 aliphatic heterocycles. The fourth-order valence-electron chi connectivity index (χ4n) is 2.33. The molecule has 24 heavy (non-hydrogen) atoms. The third-order valence-electron chi connectivity index (χ3n) is 3.50. The van der Waals surface area contributed by atoms with Gasteiger partial charge in [-0.1, -0.05) is 24.3 Å². The molecule has 0 aliphatic rings. The number of anilines is 1. The van der Waals surface area contributed by atoms with Crippen molar-refractivity contribution < 1.29 is 22.9 Å². The van der Waals surface area contributed by atoms with E-state index >= 15 is 0 Å². The number of rotatable bonds is 3. The van der Waals surface area contributed by atoms with Gasteiger partial charge in [0.25, 0.3) is 16.0 Å². The van der Waals surface area contributed by atoms with E-state index in [1.54, 1.807) is 42.5 Å². The van der Waals surface area contributed by atoms with E-state index in [1.807, 2.05) is 0 Å². The monoisotopic (exact) mass is 343 g/mol. The van der Waals surface area contributed by atoms with Gasteiger partial charge < -0.3 is 10.4 Å². The average molecular weight is 343 g/mol. The molecule has 0 saturated heterocycles. The van der Waals surface area contributed by atoms with Crippen LogP contribution in [0.25, 0.3) is 10.8 Å². The number of phenols is 1. The van der Waals surface area contributed by atoms with Crippen LogP contribution in [0.15, 0.2) is 65.6 Å². The molecular weight excluding hydrogens is 330 g/mol. The van der Waals surface area contributed by atoms with E-state index in [2.05, 4.69) is 5.32 Å². The second kappa shape index (κ2) is 5.95. The lowest BCUT2D eigenvalue weighted by Gasteiger charge is -2.09. The fraction of sp³-hybridized carbons (Fsp3) is 0. The third-order valence-corrected chi connectivity index (χ3v) is 4.33. The van der Waals surface area contributed by atoms with Gasteiger partial charge in [-0.05, 0) is 35.7 Å². The Bertz CT molecular complexity index is 1030. The zero-order valence-electron chi connectivity index (χ0n) is 12.3. The normalized spacial score (nSPS) is 11.4. The van der Waals surface area contributed by atoms with Crippen LogP contribution < -0.4 is 5.32 Å². The first-order valence-corrected chi connectivity index (χ1v) is 8.39. The lowest BCUT2D eigenvalue weighted by Crippen LogP contribution is -2.11. The van der Waals surface area contributed by atoms with Crippen LogP contribution >= 0.6 is 0 Å². The Morgan fingerprint density at radius 1 is 0.958 bits per heavy atom. The predicted octanol–water partition coefficient (Wildman–Crippen LogP) is 3.04. The minimum atomic E-state index is -4.41. The summed E-state index contributed by atoms with van der Waals surface area (Å²) in [4.78, 5) is 11.7. The zero-order chi connectivity index (χ0) is 17.3. The summed E-state index contributed by atoms with van der Waals surface area (Å²) in [5.41, 5.74) is 0.940. The number of fused-ring (bicyclic) bond motifs is 1. The average Bonchev–Trinajstić information content (AvgIpc) is 2.55. The quantitative estimate of drug-likeness (QED) is 0.634. The molecule has 3 rings (SSSR count). The maximum atomic E-state index is 12.1. The number of phenolic OH excluding ortho intramolecular Hbond substituents is 1. The molecule has 6 nitrogen and oxygen atoms in total. The summed E-state index contributed by atoms with van der Waals surface area (Å²) in [6, 6.07) is 15.5. The summed E-state index contributed by atoms with van der Waals surface area (Å²) in [7, 11) is -4.41. The van der Waals surface area contributed by atoms with Gasteiger partial charge in [-0.2, -0.15) is 8.42 Å². The van der Waals surface area contributed by atoms with E-state index in [0.717, 1.165) is 6.07 Å². The SMILES string of the molecule is O=C(Nc1ccc2cc(S(=O)(=O)O)cc(O)c2c1)c1ccccc1. The molecule has 3 aromatic carbocycles. The molecule has 0 heterocycles. The van der Waals surface area contributed by atoms with Crippen LogP contribution in [0.1, 0.15) is 10.4 Å². The highest BCUT2D eigenvalue weighted by molar-refractivity contribution is 7.85. The largest absolute Gasteiger partial charge is 0.507 e. The second-order valence-electron chi connectivity index (χ2n) is 5.17. The molecule has 0 bridgehead atoms. The molecule has 1 amide bonds. The molecule has 0 aliphatic carbocycles. The minimum absolute atomic E-state index is 0.302. The van der Waals surface area contributed by atoms with Crippen LogP contribution in [0.2, 0.25) is 0 Å². The Hall–Kier alpha value is -2.90. The van der Waals surface area contributed by atoms with Crippen LogP contribution in [-0.4, -0.2) is 24.0 Å². The molecule has 122 valence electrons. The number of hydrogen-bond donors (Lipinski definition) is 3. The summed E-state index contributed by atoms with van der Waals surface area (Å²) in [6.07, 6.45) is 0. The minimum Gasteiger partial charge on any atom is -0.507 e. The maximum Gasteiger partial charge on any atom is 0.294 e. The Balaban J connectivity index is 1.97. The van der Waals surface area contributed by atoms with Gasteiger partial charge in [0, 0.05) is 22.7 Å². The first-order valence-electron chi connectivity index (χ1n) is 6.95. The van der Waals surface area contributed by atoms with Crippen LogP contribution in [0.4, 0.5) is 5.69 Å². The van der Waals surface area contributed by atoms with Crippen molar-refractivity contribution in [1.29, 1.82) is 0 Å². The van der Waals surface area contributed by atoms with Gasteiger partial charge >= 0.3 is 0 Å². The first kappa shape index (κ1) is 16.0. The van der Waals surface area contributed by atoms with E-state index in [4.69, 9.17) is 4.55 Å². The van der Waals surface area contributed by atoms with Crippen molar-refractivity contribution in [2.24, 2.45) is 0 Å². The highest BCUT2D eigenvalue weighted by Gasteiger charge is 2.14. The van der Waals surface area contributed by atoms with Crippen LogP contribution in [-0.2, 0) is 10.1 Å². The van der Waals surface area contributed by atoms with Crippen molar-refractivity contribution in [3.05, 3.63) is 66.2 Å². The number of carbonyl (C=O) groups is 1. The number of hydrogen-bond acceptors (Lipinski definition) is 4. The molecular formula is C17H13NO5S. The molecule has 0 fully saturated rings. The Morgan fingerprint density at radius 3 is 2.33 bits per heavy atom. The summed E-state index contributed by atoms with van der Waals surface area (Å²) >= 11 is 0. The molecule has 0 atom stereocenters. The van der Waals surface area contributed by atoms with Crippen molar-refractivity contribution >= 4 is 32.5 Å². The Labute approximate surface area is 138 Å². The molecule has 0 radical (unpaired) electrons. The lowest BCUT2D eigenvalue weighted by atomic mass is 10.1. The van der Waals surface area contributed by atoms with Crippen molar-refractivity contribution in [3.8, 4) is 5.75 Å². The van der Waals surface area contributed by atoms with Gasteiger partial charge in [0.15, 0.2) is 0 Å². The molecule has 0 spiro atoms. The number of carbonyl (C=O) groups excluding carboxylic acids is 1. The Kier molecular flexibility index (Phi) is 3.96. The summed E-state index contributed by atoms with van der Waals surface area (Å²) < 4.78 is 31.4. The standard InChI is InChI=1S/C17H13NO5S/c19-16-10-14(24(21,22)23)8-12-6-7-13(9-15(12)16)18-17(20)11-4-2-1-3-5-11/h1-10,19H,(H,18,20)(H,21,22,23). The van der Waals surface area contributed by atoms with E-state index in [-0.39, 0.29) is 11.7 Å². The van der Waals surface area contributed by atoms with Crippen LogP contribution in [0.5, 0.6) is 5.75 Å². The second-order valence-corrected chi connectivity index (χ2v) is 6.60. The van der Waals surface area contributed by atoms with E-state index in [0.29, 0.717) is 22.0 Å². The molecule has 0 unspecified atom stereocenters. The molecule has 3 aromatic rings. The van der Waals surface area contributed by atoms with Gasteiger partial charge in [0.05, 0.1) is 4.90 Å². The van der Waals surface area contributed by atoms with E-state index in [9.17, 15) is 18.3 Å². The van der Waals surface area contributed by atoms with Crippen molar-refractivity contribution in [3.63, 3.8) is 0 Å². The molecule has 0 aromatic heterocycles. The van der Waals surface area contributed by atoms with Gasteiger partial charge in [-0.25, -0.2) is 0 Å². The van der Waals surface area contributed by atoms with Crippen molar-refractivity contribution in [1.82, 2.24) is 0 Å². The van der Waals surface area contributed by atoms with Crippen molar-refractivity contribution in [2.45, 2.75) is 4.90 Å². The summed E-state index contributed by atoms with van der Waals surface area (Å²) in [6.45, 7) is 0. The lowest BCUT2D eigenvalue weighted by molar-refractivity contribution is 0.102. The van der Waals surface area contributed by atoms with Crippen LogP contribution in [0.3, 0.4) is 0 Å². The van der Waals surface area contributed by atoms with Gasteiger partial charge in [0.1, 0.15) is 5.75 Å². The predicted molar refractivity (Wildman–Crippen MR) is 89.8 cm³/mol. The van der Waals surface area contributed by atoms with E-state index in [1.165, 1.54) is 12.1 Å². The van der Waals surface area contributed by atoms with Gasteiger partial charge in [0.2, 0.25) is 0 Å². The number of benzene rings is 3. The number of amides is 1. The number of nitrogens with one attached hydrogen (secondary N) is 1. The molecule has 7 heteroatoms. The van der Waals surface area contributed by atoms with Gasteiger partial charge in [-0.15, -0.1) is 0 Å². The zero-order valence-corrected chi connectivity index (χ0v) is 13.1.